The van der Waals surface area contributed by atoms with Crippen molar-refractivity contribution >= 4 is 11.9 Å². The number of rotatable bonds is 7. The highest BCUT2D eigenvalue weighted by molar-refractivity contribution is 5.96. The summed E-state index contributed by atoms with van der Waals surface area (Å²) in [5, 5.41) is 8.89. The van der Waals surface area contributed by atoms with Crippen molar-refractivity contribution in [2.45, 2.75) is 32.5 Å². The summed E-state index contributed by atoms with van der Waals surface area (Å²) < 4.78 is 40.7. The average Bonchev–Trinajstić information content (AvgIpc) is 2.49. The van der Waals surface area contributed by atoms with Gasteiger partial charge in [-0.3, -0.25) is 9.59 Å². The minimum atomic E-state index is -4.44. The Morgan fingerprint density at radius 1 is 1.26 bits per heavy atom. The first-order valence-corrected chi connectivity index (χ1v) is 6.96. The number of carbonyl (C=O) groups excluding carboxylic acids is 1. The van der Waals surface area contributed by atoms with Crippen molar-refractivity contribution in [3.05, 3.63) is 29.8 Å². The number of benzene rings is 1. The van der Waals surface area contributed by atoms with Gasteiger partial charge in [0, 0.05) is 11.6 Å². The highest BCUT2D eigenvalue weighted by atomic mass is 19.4. The Morgan fingerprint density at radius 3 is 2.26 bits per heavy atom. The van der Waals surface area contributed by atoms with E-state index in [1.54, 1.807) is 6.92 Å². The van der Waals surface area contributed by atoms with E-state index in [1.807, 2.05) is 6.92 Å². The molecule has 0 aliphatic carbocycles. The van der Waals surface area contributed by atoms with E-state index in [-0.39, 0.29) is 17.4 Å². The van der Waals surface area contributed by atoms with E-state index in [9.17, 15) is 22.8 Å². The molecule has 1 aromatic carbocycles. The Balaban J connectivity index is 2.83. The van der Waals surface area contributed by atoms with Crippen molar-refractivity contribution in [1.29, 1.82) is 0 Å². The molecule has 23 heavy (non-hydrogen) atoms. The van der Waals surface area contributed by atoms with Crippen molar-refractivity contribution in [3.8, 4) is 5.75 Å². The molecule has 0 spiro atoms. The van der Waals surface area contributed by atoms with Crippen molar-refractivity contribution in [1.82, 2.24) is 4.90 Å². The molecule has 1 atom stereocenters. The normalized spacial score (nSPS) is 12.6. The fraction of sp³-hybridized carbons (Fsp3) is 0.467. The van der Waals surface area contributed by atoms with Gasteiger partial charge < -0.3 is 14.7 Å². The summed E-state index contributed by atoms with van der Waals surface area (Å²) in [6.45, 7) is 1.68. The largest absolute Gasteiger partial charge is 0.484 e. The van der Waals surface area contributed by atoms with Gasteiger partial charge in [-0.15, -0.1) is 0 Å². The van der Waals surface area contributed by atoms with E-state index in [0.717, 1.165) is 0 Å². The summed E-state index contributed by atoms with van der Waals surface area (Å²) in [4.78, 5) is 24.4. The SMILES string of the molecule is CCC(C)N(CC(=O)O)C(=O)c1ccc(OCC(F)(F)F)cc1. The topological polar surface area (TPSA) is 66.8 Å². The molecule has 0 heterocycles. The maximum atomic E-state index is 12.4. The highest BCUT2D eigenvalue weighted by Crippen LogP contribution is 2.20. The molecule has 0 bridgehead atoms. The molecule has 1 N–H and O–H groups in total. The van der Waals surface area contributed by atoms with Gasteiger partial charge in [0.25, 0.3) is 5.91 Å². The molecule has 1 amide bonds. The monoisotopic (exact) mass is 333 g/mol. The van der Waals surface area contributed by atoms with E-state index in [0.29, 0.717) is 6.42 Å². The zero-order valence-electron chi connectivity index (χ0n) is 12.8. The standard InChI is InChI=1S/C15H18F3NO4/c1-3-10(2)19(8-13(20)21)14(22)11-4-6-12(7-5-11)23-9-15(16,17)18/h4-7,10H,3,8-9H2,1-2H3,(H,20,21). The first-order chi connectivity index (χ1) is 10.6. The molecular weight excluding hydrogens is 315 g/mol. The second-order valence-electron chi connectivity index (χ2n) is 5.01. The third kappa shape index (κ3) is 6.17. The van der Waals surface area contributed by atoms with Gasteiger partial charge in [0.15, 0.2) is 6.61 Å². The van der Waals surface area contributed by atoms with Crippen LogP contribution in [0.25, 0.3) is 0 Å². The zero-order chi connectivity index (χ0) is 17.6. The lowest BCUT2D eigenvalue weighted by atomic mass is 10.1. The van der Waals surface area contributed by atoms with Crippen LogP contribution in [0.4, 0.5) is 13.2 Å². The maximum Gasteiger partial charge on any atom is 0.422 e. The van der Waals surface area contributed by atoms with Crippen LogP contribution in [0, 0.1) is 0 Å². The second kappa shape index (κ2) is 7.85. The smallest absolute Gasteiger partial charge is 0.422 e. The van der Waals surface area contributed by atoms with Crippen LogP contribution in [0.5, 0.6) is 5.75 Å². The van der Waals surface area contributed by atoms with Crippen LogP contribution in [0.3, 0.4) is 0 Å². The molecule has 0 aromatic heterocycles. The fourth-order valence-corrected chi connectivity index (χ4v) is 1.82. The van der Waals surface area contributed by atoms with Gasteiger partial charge in [0.1, 0.15) is 12.3 Å². The number of nitrogens with zero attached hydrogens (tertiary/aromatic N) is 1. The van der Waals surface area contributed by atoms with Crippen molar-refractivity contribution < 1.29 is 32.6 Å². The summed E-state index contributed by atoms with van der Waals surface area (Å²) >= 11 is 0. The van der Waals surface area contributed by atoms with Gasteiger partial charge in [0.05, 0.1) is 0 Å². The van der Waals surface area contributed by atoms with Crippen LogP contribution in [0.2, 0.25) is 0 Å². The Kier molecular flexibility index (Phi) is 6.41. The second-order valence-corrected chi connectivity index (χ2v) is 5.01. The molecule has 1 rings (SSSR count). The van der Waals surface area contributed by atoms with E-state index in [2.05, 4.69) is 4.74 Å². The van der Waals surface area contributed by atoms with E-state index in [1.165, 1.54) is 29.2 Å². The minimum Gasteiger partial charge on any atom is -0.484 e. The lowest BCUT2D eigenvalue weighted by Gasteiger charge is -2.27. The number of aliphatic carboxylic acids is 1. The number of alkyl halides is 3. The highest BCUT2D eigenvalue weighted by Gasteiger charge is 2.28. The molecular formula is C15H18F3NO4. The molecule has 0 aliphatic rings. The molecule has 8 heteroatoms. The van der Waals surface area contributed by atoms with Gasteiger partial charge in [-0.05, 0) is 37.6 Å². The zero-order valence-corrected chi connectivity index (χ0v) is 12.8. The van der Waals surface area contributed by atoms with E-state index >= 15 is 0 Å². The lowest BCUT2D eigenvalue weighted by Crippen LogP contribution is -2.41. The van der Waals surface area contributed by atoms with Gasteiger partial charge in [-0.2, -0.15) is 13.2 Å². The number of hydrogen-bond donors (Lipinski definition) is 1. The quantitative estimate of drug-likeness (QED) is 0.833. The minimum absolute atomic E-state index is 0.0211. The maximum absolute atomic E-state index is 12.4. The van der Waals surface area contributed by atoms with Crippen molar-refractivity contribution in [2.24, 2.45) is 0 Å². The summed E-state index contributed by atoms with van der Waals surface area (Å²) in [7, 11) is 0. The molecule has 128 valence electrons. The molecule has 0 fully saturated rings. The Bertz CT molecular complexity index is 543. The number of carbonyl (C=O) groups is 2. The predicted octanol–water partition coefficient (Wildman–Crippen LogP) is 2.95. The molecule has 0 aliphatic heterocycles. The van der Waals surface area contributed by atoms with Crippen LogP contribution in [0.15, 0.2) is 24.3 Å². The summed E-state index contributed by atoms with van der Waals surface area (Å²) in [5.41, 5.74) is 0.186. The fourth-order valence-electron chi connectivity index (χ4n) is 1.82. The van der Waals surface area contributed by atoms with Crippen LogP contribution in [-0.2, 0) is 4.79 Å². The summed E-state index contributed by atoms with van der Waals surface area (Å²) in [6, 6.07) is 4.83. The average molecular weight is 333 g/mol. The molecule has 0 radical (unpaired) electrons. The molecule has 0 saturated heterocycles. The number of amides is 1. The van der Waals surface area contributed by atoms with Gasteiger partial charge in [-0.1, -0.05) is 6.92 Å². The van der Waals surface area contributed by atoms with Crippen molar-refractivity contribution in [3.63, 3.8) is 0 Å². The summed E-state index contributed by atoms with van der Waals surface area (Å²) in [6.07, 6.45) is -3.87. The first-order valence-electron chi connectivity index (χ1n) is 6.96. The third-order valence-electron chi connectivity index (χ3n) is 3.19. The van der Waals surface area contributed by atoms with E-state index < -0.39 is 31.2 Å². The number of carboxylic acids is 1. The van der Waals surface area contributed by atoms with Gasteiger partial charge in [0.2, 0.25) is 0 Å². The molecule has 1 unspecified atom stereocenters. The van der Waals surface area contributed by atoms with Crippen LogP contribution in [0.1, 0.15) is 30.6 Å². The van der Waals surface area contributed by atoms with Crippen molar-refractivity contribution in [2.75, 3.05) is 13.2 Å². The first kappa shape index (κ1) is 18.8. The number of carboxylic acid groups (broad SMARTS) is 1. The Hall–Kier alpha value is -2.25. The lowest BCUT2D eigenvalue weighted by molar-refractivity contribution is -0.153. The van der Waals surface area contributed by atoms with Crippen LogP contribution in [-0.4, -0.2) is 47.3 Å². The molecule has 0 saturated carbocycles. The number of hydrogen-bond acceptors (Lipinski definition) is 3. The van der Waals surface area contributed by atoms with E-state index in [4.69, 9.17) is 5.11 Å². The Morgan fingerprint density at radius 2 is 1.83 bits per heavy atom. The van der Waals surface area contributed by atoms with Crippen LogP contribution < -0.4 is 4.74 Å². The Labute approximate surface area is 131 Å². The molecule has 5 nitrogen and oxygen atoms in total. The van der Waals surface area contributed by atoms with Gasteiger partial charge in [-0.25, -0.2) is 0 Å². The molecule has 1 aromatic rings. The number of ether oxygens (including phenoxy) is 1. The summed E-state index contributed by atoms with van der Waals surface area (Å²) in [5.74, 6) is -1.65. The number of halogens is 3. The van der Waals surface area contributed by atoms with Gasteiger partial charge >= 0.3 is 12.1 Å². The third-order valence-corrected chi connectivity index (χ3v) is 3.19. The predicted molar refractivity (Wildman–Crippen MR) is 76.4 cm³/mol. The van der Waals surface area contributed by atoms with Crippen LogP contribution >= 0.6 is 0 Å².